The van der Waals surface area contributed by atoms with Crippen molar-refractivity contribution in [2.24, 2.45) is 11.7 Å². The number of benzene rings is 1. The molecule has 2 aliphatic rings. The van der Waals surface area contributed by atoms with Crippen LogP contribution in [0.15, 0.2) is 24.3 Å². The van der Waals surface area contributed by atoms with Gasteiger partial charge in [0.05, 0.1) is 6.61 Å². The number of para-hydroxylation sites is 1. The first-order valence-electron chi connectivity index (χ1n) is 7.39. The molecule has 0 bridgehead atoms. The number of fused-ring (bicyclic) bond motifs is 1. The third-order valence-corrected chi connectivity index (χ3v) is 4.51. The summed E-state index contributed by atoms with van der Waals surface area (Å²) in [6.45, 7) is 2.58. The predicted octanol–water partition coefficient (Wildman–Crippen LogP) is 2.70. The second-order valence-electron chi connectivity index (χ2n) is 5.72. The highest BCUT2D eigenvalue weighted by Crippen LogP contribution is 2.37. The highest BCUT2D eigenvalue weighted by Gasteiger charge is 2.27. The van der Waals surface area contributed by atoms with Crippen LogP contribution in [-0.4, -0.2) is 25.9 Å². The summed E-state index contributed by atoms with van der Waals surface area (Å²) in [4.78, 5) is 0. The van der Waals surface area contributed by atoms with E-state index in [1.165, 1.54) is 5.56 Å². The van der Waals surface area contributed by atoms with E-state index in [-0.39, 0.29) is 0 Å². The quantitative estimate of drug-likeness (QED) is 0.910. The SMILES string of the molecule is NC(CC1CCOc2ccccc21)C1CCOCC1. The molecule has 2 N–H and O–H groups in total. The van der Waals surface area contributed by atoms with Crippen LogP contribution in [0.2, 0.25) is 0 Å². The van der Waals surface area contributed by atoms with Gasteiger partial charge in [-0.05, 0) is 49.1 Å². The van der Waals surface area contributed by atoms with E-state index in [9.17, 15) is 0 Å². The van der Waals surface area contributed by atoms with Gasteiger partial charge in [-0.15, -0.1) is 0 Å². The number of hydrogen-bond donors (Lipinski definition) is 1. The topological polar surface area (TPSA) is 44.5 Å². The van der Waals surface area contributed by atoms with E-state index in [1.807, 2.05) is 6.07 Å². The average molecular weight is 261 g/mol. The van der Waals surface area contributed by atoms with E-state index in [1.54, 1.807) is 0 Å². The van der Waals surface area contributed by atoms with Gasteiger partial charge in [0.2, 0.25) is 0 Å². The van der Waals surface area contributed by atoms with Gasteiger partial charge < -0.3 is 15.2 Å². The summed E-state index contributed by atoms with van der Waals surface area (Å²) >= 11 is 0. The van der Waals surface area contributed by atoms with Crippen LogP contribution in [-0.2, 0) is 4.74 Å². The highest BCUT2D eigenvalue weighted by atomic mass is 16.5. The maximum absolute atomic E-state index is 6.44. The summed E-state index contributed by atoms with van der Waals surface area (Å²) in [5, 5.41) is 0. The Labute approximate surface area is 115 Å². The van der Waals surface area contributed by atoms with E-state index in [2.05, 4.69) is 18.2 Å². The lowest BCUT2D eigenvalue weighted by molar-refractivity contribution is 0.0561. The van der Waals surface area contributed by atoms with Crippen LogP contribution in [0.25, 0.3) is 0 Å². The lowest BCUT2D eigenvalue weighted by Gasteiger charge is -2.32. The molecule has 0 aliphatic carbocycles. The van der Waals surface area contributed by atoms with Gasteiger partial charge in [0.25, 0.3) is 0 Å². The molecule has 3 heteroatoms. The lowest BCUT2D eigenvalue weighted by Crippen LogP contribution is -2.36. The minimum atomic E-state index is 0.292. The van der Waals surface area contributed by atoms with Gasteiger partial charge in [0.1, 0.15) is 5.75 Å². The van der Waals surface area contributed by atoms with Crippen LogP contribution in [0.1, 0.15) is 37.2 Å². The van der Waals surface area contributed by atoms with Gasteiger partial charge in [0.15, 0.2) is 0 Å². The second-order valence-corrected chi connectivity index (χ2v) is 5.72. The standard InChI is InChI=1S/C16H23NO2/c17-15(12-5-8-18-9-6-12)11-13-7-10-19-16-4-2-1-3-14(13)16/h1-4,12-13,15H,5-11,17H2. The molecule has 0 aromatic heterocycles. The van der Waals surface area contributed by atoms with E-state index in [4.69, 9.17) is 15.2 Å². The Kier molecular flexibility index (Phi) is 4.04. The zero-order chi connectivity index (χ0) is 13.1. The number of ether oxygens (including phenoxy) is 2. The monoisotopic (exact) mass is 261 g/mol. The normalized spacial score (nSPS) is 25.4. The van der Waals surface area contributed by atoms with Crippen molar-refractivity contribution in [2.45, 2.75) is 37.6 Å². The Morgan fingerprint density at radius 1 is 1.11 bits per heavy atom. The fraction of sp³-hybridized carbons (Fsp3) is 0.625. The molecule has 1 fully saturated rings. The van der Waals surface area contributed by atoms with Crippen LogP contribution in [0, 0.1) is 5.92 Å². The molecular weight excluding hydrogens is 238 g/mol. The molecule has 0 radical (unpaired) electrons. The zero-order valence-corrected chi connectivity index (χ0v) is 11.4. The fourth-order valence-electron chi connectivity index (χ4n) is 3.33. The number of hydrogen-bond acceptors (Lipinski definition) is 3. The van der Waals surface area contributed by atoms with E-state index in [0.717, 1.165) is 51.3 Å². The molecule has 2 heterocycles. The fourth-order valence-corrected chi connectivity index (χ4v) is 3.33. The van der Waals surface area contributed by atoms with Crippen molar-refractivity contribution in [3.05, 3.63) is 29.8 Å². The van der Waals surface area contributed by atoms with Crippen LogP contribution < -0.4 is 10.5 Å². The molecule has 0 saturated carbocycles. The smallest absolute Gasteiger partial charge is 0.122 e. The van der Waals surface area contributed by atoms with Crippen LogP contribution in [0.5, 0.6) is 5.75 Å². The van der Waals surface area contributed by atoms with Gasteiger partial charge in [-0.25, -0.2) is 0 Å². The van der Waals surface area contributed by atoms with E-state index >= 15 is 0 Å². The predicted molar refractivity (Wildman–Crippen MR) is 75.4 cm³/mol. The maximum Gasteiger partial charge on any atom is 0.122 e. The molecule has 3 nitrogen and oxygen atoms in total. The van der Waals surface area contributed by atoms with Crippen molar-refractivity contribution >= 4 is 0 Å². The molecule has 2 unspecified atom stereocenters. The van der Waals surface area contributed by atoms with E-state index in [0.29, 0.717) is 17.9 Å². The molecule has 1 aromatic carbocycles. The van der Waals surface area contributed by atoms with Crippen LogP contribution in [0.4, 0.5) is 0 Å². The number of rotatable bonds is 3. The largest absolute Gasteiger partial charge is 0.493 e. The molecule has 2 atom stereocenters. The maximum atomic E-state index is 6.44. The van der Waals surface area contributed by atoms with Crippen LogP contribution >= 0.6 is 0 Å². The Balaban J connectivity index is 1.66. The Hall–Kier alpha value is -1.06. The van der Waals surface area contributed by atoms with Crippen molar-refractivity contribution < 1.29 is 9.47 Å². The molecule has 19 heavy (non-hydrogen) atoms. The molecule has 1 aromatic rings. The minimum Gasteiger partial charge on any atom is -0.493 e. The summed E-state index contributed by atoms with van der Waals surface area (Å²) < 4.78 is 11.1. The van der Waals surface area contributed by atoms with Gasteiger partial charge in [-0.3, -0.25) is 0 Å². The second kappa shape index (κ2) is 5.93. The first kappa shape index (κ1) is 12.9. The first-order valence-corrected chi connectivity index (χ1v) is 7.39. The number of nitrogens with two attached hydrogens (primary N) is 1. The molecule has 1 saturated heterocycles. The molecule has 3 rings (SSSR count). The molecular formula is C16H23NO2. The molecule has 2 aliphatic heterocycles. The van der Waals surface area contributed by atoms with Crippen molar-refractivity contribution in [3.63, 3.8) is 0 Å². The Morgan fingerprint density at radius 2 is 1.89 bits per heavy atom. The lowest BCUT2D eigenvalue weighted by atomic mass is 9.81. The van der Waals surface area contributed by atoms with Crippen molar-refractivity contribution in [2.75, 3.05) is 19.8 Å². The van der Waals surface area contributed by atoms with Crippen LogP contribution in [0.3, 0.4) is 0 Å². The van der Waals surface area contributed by atoms with Gasteiger partial charge in [-0.1, -0.05) is 18.2 Å². The third kappa shape index (κ3) is 2.93. The van der Waals surface area contributed by atoms with Crippen molar-refractivity contribution in [1.29, 1.82) is 0 Å². The molecule has 104 valence electrons. The van der Waals surface area contributed by atoms with Crippen molar-refractivity contribution in [1.82, 2.24) is 0 Å². The minimum absolute atomic E-state index is 0.292. The Morgan fingerprint density at radius 3 is 2.74 bits per heavy atom. The first-order chi connectivity index (χ1) is 9.34. The summed E-state index contributed by atoms with van der Waals surface area (Å²) in [6, 6.07) is 8.69. The zero-order valence-electron chi connectivity index (χ0n) is 11.4. The van der Waals surface area contributed by atoms with E-state index < -0.39 is 0 Å². The van der Waals surface area contributed by atoms with Gasteiger partial charge >= 0.3 is 0 Å². The molecule has 0 amide bonds. The summed E-state index contributed by atoms with van der Waals surface area (Å²) in [5.74, 6) is 2.24. The average Bonchev–Trinajstić information content (AvgIpc) is 2.48. The highest BCUT2D eigenvalue weighted by molar-refractivity contribution is 5.37. The summed E-state index contributed by atoms with van der Waals surface area (Å²) in [6.07, 6.45) is 4.40. The third-order valence-electron chi connectivity index (χ3n) is 4.51. The Bertz CT molecular complexity index is 415. The molecule has 0 spiro atoms. The summed E-state index contributed by atoms with van der Waals surface area (Å²) in [5.41, 5.74) is 7.78. The van der Waals surface area contributed by atoms with Gasteiger partial charge in [0, 0.05) is 19.3 Å². The summed E-state index contributed by atoms with van der Waals surface area (Å²) in [7, 11) is 0. The van der Waals surface area contributed by atoms with Gasteiger partial charge in [-0.2, -0.15) is 0 Å². The van der Waals surface area contributed by atoms with Crippen molar-refractivity contribution in [3.8, 4) is 5.75 Å².